The zero-order chi connectivity index (χ0) is 28.0. The van der Waals surface area contributed by atoms with E-state index in [1.54, 1.807) is 44.2 Å². The number of hydrogen-bond acceptors (Lipinski definition) is 6. The van der Waals surface area contributed by atoms with Crippen LogP contribution in [0.4, 0.5) is 11.4 Å². The van der Waals surface area contributed by atoms with Crippen molar-refractivity contribution in [3.05, 3.63) is 48.5 Å². The third kappa shape index (κ3) is 9.16. The van der Waals surface area contributed by atoms with Gasteiger partial charge in [-0.15, -0.1) is 0 Å². The molecule has 0 unspecified atom stereocenters. The van der Waals surface area contributed by atoms with Crippen LogP contribution < -0.4 is 20.4 Å². The molecular formula is C26H38N2O8P2. The molecule has 38 heavy (non-hydrogen) atoms. The molecule has 2 aromatic carbocycles. The smallest absolute Gasteiger partial charge is 0.321 e. The van der Waals surface area contributed by atoms with Crippen LogP contribution in [0.5, 0.6) is 0 Å². The lowest BCUT2D eigenvalue weighted by atomic mass is 10.1. The van der Waals surface area contributed by atoms with E-state index in [0.29, 0.717) is 36.9 Å². The molecule has 10 nitrogen and oxygen atoms in total. The number of carbonyl (C=O) groups is 2. The normalized spacial score (nSPS) is 11.8. The monoisotopic (exact) mass is 568 g/mol. The minimum absolute atomic E-state index is 0.160. The number of anilines is 2. The number of benzene rings is 2. The second-order valence-corrected chi connectivity index (χ2v) is 12.1. The predicted molar refractivity (Wildman–Crippen MR) is 150 cm³/mol. The summed E-state index contributed by atoms with van der Waals surface area (Å²) in [6, 6.07) is 12.9. The number of nitrogens with zero attached hydrogens (tertiary/aromatic N) is 2. The molecule has 0 aliphatic rings. The lowest BCUT2D eigenvalue weighted by Gasteiger charge is -2.25. The molecule has 2 N–H and O–H groups in total. The summed E-state index contributed by atoms with van der Waals surface area (Å²) in [7, 11) is -8.04. The number of carbonyl (C=O) groups excluding carboxylic acids is 2. The quantitative estimate of drug-likeness (QED) is 0.145. The molecule has 0 bridgehead atoms. The fourth-order valence-corrected chi connectivity index (χ4v) is 6.71. The lowest BCUT2D eigenvalue weighted by Crippen LogP contribution is -2.28. The van der Waals surface area contributed by atoms with E-state index in [1.165, 1.54) is 28.0 Å². The molecule has 0 atom stereocenters. The van der Waals surface area contributed by atoms with Gasteiger partial charge in [0.05, 0.1) is 35.2 Å². The molecule has 0 radical (unpaired) electrons. The van der Waals surface area contributed by atoms with Crippen molar-refractivity contribution in [1.82, 2.24) is 0 Å². The van der Waals surface area contributed by atoms with Gasteiger partial charge in [0.25, 0.3) is 0 Å². The molecular weight excluding hydrogens is 530 g/mol. The van der Waals surface area contributed by atoms with E-state index >= 15 is 0 Å². The molecule has 0 aliphatic heterocycles. The Labute approximate surface area is 224 Å². The Morgan fingerprint density at radius 1 is 0.684 bits per heavy atom. The zero-order valence-electron chi connectivity index (χ0n) is 22.0. The van der Waals surface area contributed by atoms with Gasteiger partial charge in [-0.25, -0.2) is 0 Å². The van der Waals surface area contributed by atoms with E-state index in [2.05, 4.69) is 0 Å². The van der Waals surface area contributed by atoms with Gasteiger partial charge in [0.2, 0.25) is 12.8 Å². The molecule has 2 amide bonds. The second-order valence-electron chi connectivity index (χ2n) is 8.57. The van der Waals surface area contributed by atoms with Crippen LogP contribution in [0.15, 0.2) is 48.5 Å². The molecule has 2 aromatic rings. The van der Waals surface area contributed by atoms with Gasteiger partial charge in [0.15, 0.2) is 0 Å². The van der Waals surface area contributed by atoms with Crippen LogP contribution in [-0.2, 0) is 27.8 Å². The summed E-state index contributed by atoms with van der Waals surface area (Å²) in [5.74, 6) is 0. The first kappa shape index (κ1) is 31.9. The summed E-state index contributed by atoms with van der Waals surface area (Å²) in [5.41, 5.74) is 0.737. The second kappa shape index (κ2) is 15.9. The van der Waals surface area contributed by atoms with Crippen LogP contribution in [0, 0.1) is 0 Å². The number of amides is 2. The molecule has 0 aromatic heterocycles. The van der Waals surface area contributed by atoms with Gasteiger partial charge in [-0.2, -0.15) is 0 Å². The first-order valence-electron chi connectivity index (χ1n) is 12.8. The highest BCUT2D eigenvalue weighted by Gasteiger charge is 2.31. The van der Waals surface area contributed by atoms with Gasteiger partial charge in [-0.3, -0.25) is 18.7 Å². The van der Waals surface area contributed by atoms with Crippen molar-refractivity contribution in [2.75, 3.05) is 36.1 Å². The summed E-state index contributed by atoms with van der Waals surface area (Å²) in [6.07, 6.45) is 6.30. The number of para-hydroxylation sites is 2. The van der Waals surface area contributed by atoms with Crippen LogP contribution in [0.25, 0.3) is 0 Å². The Morgan fingerprint density at radius 2 is 1.08 bits per heavy atom. The van der Waals surface area contributed by atoms with Gasteiger partial charge >= 0.3 is 15.2 Å². The molecule has 0 saturated heterocycles. The molecule has 0 heterocycles. The highest BCUT2D eigenvalue weighted by atomic mass is 31.2. The Morgan fingerprint density at radius 3 is 1.50 bits per heavy atom. The Bertz CT molecular complexity index is 1110. The fraction of sp³-hybridized carbons (Fsp3) is 0.462. The topological polar surface area (TPSA) is 134 Å². The first-order valence-corrected chi connectivity index (χ1v) is 15.9. The van der Waals surface area contributed by atoms with Crippen molar-refractivity contribution in [3.63, 3.8) is 0 Å². The van der Waals surface area contributed by atoms with Crippen molar-refractivity contribution in [3.8, 4) is 0 Å². The van der Waals surface area contributed by atoms with Gasteiger partial charge in [0, 0.05) is 13.1 Å². The summed E-state index contributed by atoms with van der Waals surface area (Å²) in [4.78, 5) is 45.4. The number of rotatable bonds is 19. The van der Waals surface area contributed by atoms with E-state index in [9.17, 15) is 28.5 Å². The van der Waals surface area contributed by atoms with Gasteiger partial charge in [0.1, 0.15) is 0 Å². The van der Waals surface area contributed by atoms with Crippen LogP contribution >= 0.6 is 15.2 Å². The fourth-order valence-electron chi connectivity index (χ4n) is 4.14. The highest BCUT2D eigenvalue weighted by Crippen LogP contribution is 2.49. The van der Waals surface area contributed by atoms with Crippen molar-refractivity contribution in [1.29, 1.82) is 0 Å². The van der Waals surface area contributed by atoms with E-state index in [4.69, 9.17) is 9.05 Å². The maximum atomic E-state index is 13.3. The zero-order valence-corrected chi connectivity index (χ0v) is 23.8. The third-order valence-corrected chi connectivity index (χ3v) is 9.06. The van der Waals surface area contributed by atoms with Crippen LogP contribution in [0.3, 0.4) is 0 Å². The van der Waals surface area contributed by atoms with E-state index in [1.807, 2.05) is 0 Å². The van der Waals surface area contributed by atoms with Gasteiger partial charge < -0.3 is 28.6 Å². The molecule has 0 spiro atoms. The molecule has 2 rings (SSSR count). The van der Waals surface area contributed by atoms with Crippen molar-refractivity contribution in [2.24, 2.45) is 0 Å². The average Bonchev–Trinajstić information content (AvgIpc) is 2.90. The average molecular weight is 569 g/mol. The van der Waals surface area contributed by atoms with Crippen molar-refractivity contribution in [2.45, 2.75) is 52.4 Å². The summed E-state index contributed by atoms with van der Waals surface area (Å²) < 4.78 is 36.0. The van der Waals surface area contributed by atoms with E-state index < -0.39 is 15.2 Å². The van der Waals surface area contributed by atoms with Crippen molar-refractivity contribution < 1.29 is 37.6 Å². The van der Waals surface area contributed by atoms with Crippen LogP contribution in [0.2, 0.25) is 0 Å². The van der Waals surface area contributed by atoms with Crippen LogP contribution in [0.1, 0.15) is 52.4 Å². The SMILES string of the molecule is CCOP(=O)(OCC)c1ccccc1N(C=O)CCCCCCCCN(C=O)c1ccccc1P(=O)(O)O. The summed E-state index contributed by atoms with van der Waals surface area (Å²) >= 11 is 0. The lowest BCUT2D eigenvalue weighted by molar-refractivity contribution is -0.108. The van der Waals surface area contributed by atoms with E-state index in [0.717, 1.165) is 38.5 Å². The number of unbranched alkanes of at least 4 members (excludes halogenated alkanes) is 5. The Balaban J connectivity index is 1.84. The third-order valence-electron chi connectivity index (χ3n) is 5.89. The molecule has 0 aliphatic carbocycles. The van der Waals surface area contributed by atoms with Crippen molar-refractivity contribution >= 4 is 50.0 Å². The van der Waals surface area contributed by atoms with Crippen LogP contribution in [-0.4, -0.2) is 48.9 Å². The molecule has 0 fully saturated rings. The standard InChI is InChI=1S/C26H38N2O8P2/c1-3-35-38(34,36-4-2)26-18-12-10-16-24(26)28(22-30)20-14-8-6-5-7-13-19-27(21-29)23-15-9-11-17-25(23)37(31,32)33/h9-12,15-18,21-22H,3-8,13-14,19-20H2,1-2H3,(H2,31,32,33). The highest BCUT2D eigenvalue weighted by molar-refractivity contribution is 7.62. The maximum Gasteiger partial charge on any atom is 0.363 e. The van der Waals surface area contributed by atoms with Gasteiger partial charge in [-0.1, -0.05) is 49.9 Å². The Hall–Kier alpha value is -2.32. The number of hydrogen-bond donors (Lipinski definition) is 2. The first-order chi connectivity index (χ1) is 18.2. The summed E-state index contributed by atoms with van der Waals surface area (Å²) in [5, 5.41) is 0.211. The minimum atomic E-state index is -4.49. The molecule has 0 saturated carbocycles. The Kier molecular flexibility index (Phi) is 13.4. The molecule has 210 valence electrons. The minimum Gasteiger partial charge on any atom is -0.321 e. The van der Waals surface area contributed by atoms with Gasteiger partial charge in [-0.05, 0) is 51.0 Å². The largest absolute Gasteiger partial charge is 0.363 e. The predicted octanol–water partition coefficient (Wildman–Crippen LogP) is 4.35. The van der Waals surface area contributed by atoms with E-state index in [-0.39, 0.29) is 24.2 Å². The summed E-state index contributed by atoms with van der Waals surface area (Å²) in [6.45, 7) is 4.72. The molecule has 12 heteroatoms. The maximum absolute atomic E-state index is 13.3.